The molecule has 1 aliphatic heterocycles. The topological polar surface area (TPSA) is 120 Å². The number of amides is 2. The summed E-state index contributed by atoms with van der Waals surface area (Å²) in [7, 11) is 4.73. The molecule has 0 bridgehead atoms. The van der Waals surface area contributed by atoms with Crippen molar-refractivity contribution in [2.45, 2.75) is 24.2 Å². The van der Waals surface area contributed by atoms with Gasteiger partial charge in [-0.2, -0.15) is 5.10 Å². The van der Waals surface area contributed by atoms with Crippen molar-refractivity contribution in [2.24, 2.45) is 5.10 Å². The molecule has 6 rings (SSSR count). The van der Waals surface area contributed by atoms with Crippen LogP contribution in [0.25, 0.3) is 5.69 Å². The van der Waals surface area contributed by atoms with Crippen molar-refractivity contribution in [3.05, 3.63) is 125 Å². The molecule has 1 atom stereocenters. The minimum atomic E-state index is -0.478. The number of para-hydroxylation sites is 1. The molecule has 11 nitrogen and oxygen atoms in total. The van der Waals surface area contributed by atoms with Gasteiger partial charge in [0.05, 0.1) is 45.4 Å². The molecular formula is C36H33FN6O5S. The van der Waals surface area contributed by atoms with Gasteiger partial charge in [-0.05, 0) is 72.3 Å². The minimum Gasteiger partial charge on any atom is -0.497 e. The number of benzene rings is 4. The molecule has 250 valence electrons. The van der Waals surface area contributed by atoms with Crippen molar-refractivity contribution in [1.29, 1.82) is 0 Å². The van der Waals surface area contributed by atoms with Crippen molar-refractivity contribution >= 4 is 29.3 Å². The number of hydrogen-bond acceptors (Lipinski definition) is 9. The summed E-state index contributed by atoms with van der Waals surface area (Å²) in [4.78, 5) is 26.8. The molecule has 4 aromatic carbocycles. The van der Waals surface area contributed by atoms with Crippen LogP contribution in [0.4, 0.5) is 4.39 Å². The second kappa shape index (κ2) is 15.0. The third-order valence-corrected chi connectivity index (χ3v) is 8.85. The lowest BCUT2D eigenvalue weighted by molar-refractivity contribution is -0.130. The maximum absolute atomic E-state index is 14.0. The zero-order valence-electron chi connectivity index (χ0n) is 27.0. The summed E-state index contributed by atoms with van der Waals surface area (Å²) < 4.78 is 32.2. The number of hydrazone groups is 1. The summed E-state index contributed by atoms with van der Waals surface area (Å²) >= 11 is 1.16. The molecule has 0 saturated heterocycles. The molecule has 1 aliphatic rings. The Kier molecular flexibility index (Phi) is 10.2. The van der Waals surface area contributed by atoms with Crippen LogP contribution in [0.15, 0.2) is 107 Å². The first-order valence-electron chi connectivity index (χ1n) is 15.3. The molecule has 2 heterocycles. The molecule has 0 fully saturated rings. The van der Waals surface area contributed by atoms with Gasteiger partial charge in [-0.15, -0.1) is 10.2 Å². The molecule has 5 aromatic rings. The summed E-state index contributed by atoms with van der Waals surface area (Å²) in [5.41, 5.74) is 3.40. The molecule has 0 radical (unpaired) electrons. The molecule has 0 saturated carbocycles. The lowest BCUT2D eigenvalue weighted by Gasteiger charge is -2.24. The van der Waals surface area contributed by atoms with Crippen LogP contribution in [0, 0.1) is 5.82 Å². The number of hydrogen-bond donors (Lipinski definition) is 1. The quantitative estimate of drug-likeness (QED) is 0.164. The first-order valence-corrected chi connectivity index (χ1v) is 16.3. The standard InChI is InChI=1S/C36H33FN6O5S/c1-46-27-18-12-23(13-19-27)29-20-30(28-10-7-11-31(47-2)34(28)48-3)43(41-29)33(44)22-49-36-40-39-32(42(36)26-16-14-25(37)15-17-26)21-38-35(45)24-8-5-4-6-9-24/h4-19,30H,20-22H2,1-3H3,(H,38,45). The van der Waals surface area contributed by atoms with E-state index in [0.29, 0.717) is 45.9 Å². The third kappa shape index (κ3) is 7.26. The maximum atomic E-state index is 14.0. The van der Waals surface area contributed by atoms with E-state index in [1.165, 1.54) is 17.1 Å². The number of carbonyl (C=O) groups excluding carboxylic acids is 2. The van der Waals surface area contributed by atoms with Crippen LogP contribution in [0.5, 0.6) is 17.2 Å². The zero-order chi connectivity index (χ0) is 34.3. The average Bonchev–Trinajstić information content (AvgIpc) is 3.78. The van der Waals surface area contributed by atoms with Crippen molar-refractivity contribution in [1.82, 2.24) is 25.1 Å². The lowest BCUT2D eigenvalue weighted by Crippen LogP contribution is -2.29. The van der Waals surface area contributed by atoms with Crippen molar-refractivity contribution in [3.63, 3.8) is 0 Å². The van der Waals surface area contributed by atoms with Crippen molar-refractivity contribution < 1.29 is 28.2 Å². The van der Waals surface area contributed by atoms with Crippen LogP contribution in [-0.2, 0) is 11.3 Å². The Bertz CT molecular complexity index is 1970. The Morgan fingerprint density at radius 2 is 1.63 bits per heavy atom. The Balaban J connectivity index is 1.28. The van der Waals surface area contributed by atoms with E-state index < -0.39 is 11.9 Å². The summed E-state index contributed by atoms with van der Waals surface area (Å²) in [6.07, 6.45) is 0.434. The van der Waals surface area contributed by atoms with Gasteiger partial charge < -0.3 is 19.5 Å². The molecule has 1 aromatic heterocycles. The molecule has 1 N–H and O–H groups in total. The second-order valence-electron chi connectivity index (χ2n) is 10.9. The number of methoxy groups -OCH3 is 3. The van der Waals surface area contributed by atoms with E-state index in [1.54, 1.807) is 68.4 Å². The van der Waals surface area contributed by atoms with Crippen LogP contribution in [-0.4, -0.2) is 64.4 Å². The van der Waals surface area contributed by atoms with Crippen LogP contribution in [0.3, 0.4) is 0 Å². The zero-order valence-corrected chi connectivity index (χ0v) is 27.8. The van der Waals surface area contributed by atoms with Crippen molar-refractivity contribution in [3.8, 4) is 22.9 Å². The summed E-state index contributed by atoms with van der Waals surface area (Å²) in [5, 5.41) is 18.2. The Labute approximate surface area is 286 Å². The first-order chi connectivity index (χ1) is 23.9. The molecule has 49 heavy (non-hydrogen) atoms. The van der Waals surface area contributed by atoms with Gasteiger partial charge >= 0.3 is 0 Å². The summed E-state index contributed by atoms with van der Waals surface area (Å²) in [6.45, 7) is 0.0476. The summed E-state index contributed by atoms with van der Waals surface area (Å²) in [5.74, 6) is 1.17. The molecule has 0 spiro atoms. The number of carbonyl (C=O) groups is 2. The number of nitrogens with one attached hydrogen (secondary N) is 1. The summed E-state index contributed by atoms with van der Waals surface area (Å²) in [6, 6.07) is 27.2. The number of nitrogens with zero attached hydrogens (tertiary/aromatic N) is 5. The molecule has 1 unspecified atom stereocenters. The second-order valence-corrected chi connectivity index (χ2v) is 11.8. The monoisotopic (exact) mass is 680 g/mol. The van der Waals surface area contributed by atoms with E-state index >= 15 is 0 Å². The van der Waals surface area contributed by atoms with Gasteiger partial charge in [0, 0.05) is 23.2 Å². The molecule has 0 aliphatic carbocycles. The number of rotatable bonds is 12. The van der Waals surface area contributed by atoms with Gasteiger partial charge in [0.25, 0.3) is 11.8 Å². The fraction of sp³-hybridized carbons (Fsp3) is 0.194. The van der Waals surface area contributed by atoms with E-state index in [9.17, 15) is 14.0 Å². The average molecular weight is 681 g/mol. The Hall–Kier alpha value is -5.69. The Morgan fingerprint density at radius 1 is 0.878 bits per heavy atom. The maximum Gasteiger partial charge on any atom is 0.253 e. The highest BCUT2D eigenvalue weighted by Gasteiger charge is 2.36. The molecule has 13 heteroatoms. The fourth-order valence-corrected chi connectivity index (χ4v) is 6.34. The SMILES string of the molecule is COc1ccc(C2=NN(C(=O)CSc3nnc(CNC(=O)c4ccccc4)n3-c3ccc(F)cc3)C(c3cccc(OC)c3OC)C2)cc1. The van der Waals surface area contributed by atoms with E-state index in [4.69, 9.17) is 19.3 Å². The predicted octanol–water partition coefficient (Wildman–Crippen LogP) is 5.83. The van der Waals surface area contributed by atoms with E-state index in [-0.39, 0.29) is 24.1 Å². The molecular weight excluding hydrogens is 647 g/mol. The van der Waals surface area contributed by atoms with Gasteiger partial charge in [0.15, 0.2) is 22.5 Å². The molecule has 2 amide bonds. The van der Waals surface area contributed by atoms with Gasteiger partial charge in [-0.3, -0.25) is 14.2 Å². The minimum absolute atomic E-state index is 0.0438. The van der Waals surface area contributed by atoms with Gasteiger partial charge in [0.1, 0.15) is 11.6 Å². The smallest absolute Gasteiger partial charge is 0.253 e. The van der Waals surface area contributed by atoms with Gasteiger partial charge in [0.2, 0.25) is 0 Å². The highest BCUT2D eigenvalue weighted by Crippen LogP contribution is 2.42. The van der Waals surface area contributed by atoms with E-state index in [2.05, 4.69) is 15.5 Å². The van der Waals surface area contributed by atoms with E-state index in [1.807, 2.05) is 42.5 Å². The van der Waals surface area contributed by atoms with Gasteiger partial charge in [-0.25, -0.2) is 9.40 Å². The number of ether oxygens (including phenoxy) is 3. The fourth-order valence-electron chi connectivity index (χ4n) is 5.52. The number of thioether (sulfide) groups is 1. The van der Waals surface area contributed by atoms with Gasteiger partial charge in [-0.1, -0.05) is 42.1 Å². The number of halogens is 1. The lowest BCUT2D eigenvalue weighted by atomic mass is 9.97. The highest BCUT2D eigenvalue weighted by molar-refractivity contribution is 7.99. The third-order valence-electron chi connectivity index (χ3n) is 7.93. The van der Waals surface area contributed by atoms with Crippen LogP contribution in [0.1, 0.15) is 39.8 Å². The Morgan fingerprint density at radius 3 is 2.33 bits per heavy atom. The van der Waals surface area contributed by atoms with Crippen molar-refractivity contribution in [2.75, 3.05) is 27.1 Å². The predicted molar refractivity (Wildman–Crippen MR) is 183 cm³/mol. The normalized spacial score (nSPS) is 13.9. The largest absolute Gasteiger partial charge is 0.497 e. The van der Waals surface area contributed by atoms with Crippen LogP contribution < -0.4 is 19.5 Å². The highest BCUT2D eigenvalue weighted by atomic mass is 32.2. The van der Waals surface area contributed by atoms with Crippen LogP contribution in [0.2, 0.25) is 0 Å². The van der Waals surface area contributed by atoms with Crippen LogP contribution >= 0.6 is 11.8 Å². The first kappa shape index (κ1) is 33.2. The number of aromatic nitrogens is 3. The van der Waals surface area contributed by atoms with E-state index in [0.717, 1.165) is 28.6 Å².